The van der Waals surface area contributed by atoms with Crippen LogP contribution in [-0.2, 0) is 0 Å². The van der Waals surface area contributed by atoms with E-state index in [1.165, 1.54) is 0 Å². The molecule has 5 nitrogen and oxygen atoms in total. The van der Waals surface area contributed by atoms with Crippen molar-refractivity contribution in [3.8, 4) is 5.75 Å². The highest BCUT2D eigenvalue weighted by Gasteiger charge is 2.08. The predicted octanol–water partition coefficient (Wildman–Crippen LogP) is 2.95. The van der Waals surface area contributed by atoms with Gasteiger partial charge in [0.1, 0.15) is 11.4 Å². The summed E-state index contributed by atoms with van der Waals surface area (Å²) in [7, 11) is 0. The van der Waals surface area contributed by atoms with Gasteiger partial charge in [-0.1, -0.05) is 11.6 Å². The van der Waals surface area contributed by atoms with E-state index in [9.17, 15) is 9.90 Å². The van der Waals surface area contributed by atoms with E-state index < -0.39 is 0 Å². The Bertz CT molecular complexity index is 677. The van der Waals surface area contributed by atoms with Crippen molar-refractivity contribution >= 4 is 27.5 Å². The molecule has 0 fully saturated rings. The molecular weight excluding hydrogens is 322 g/mol. The number of carbonyl (C=O) groups is 1. The number of aryl methyl sites for hydroxylation is 1. The van der Waals surface area contributed by atoms with Crippen LogP contribution < -0.4 is 5.43 Å². The molecule has 2 rings (SSSR count). The highest BCUT2D eigenvalue weighted by molar-refractivity contribution is 9.10. The van der Waals surface area contributed by atoms with Gasteiger partial charge in [-0.25, -0.2) is 5.43 Å². The molecule has 0 saturated carbocycles. The van der Waals surface area contributed by atoms with Gasteiger partial charge in [0.05, 0.1) is 5.71 Å². The van der Waals surface area contributed by atoms with Crippen LogP contribution in [0, 0.1) is 6.92 Å². The average Bonchev–Trinajstić information content (AvgIpc) is 2.85. The second-order valence-corrected chi connectivity index (χ2v) is 5.31. The summed E-state index contributed by atoms with van der Waals surface area (Å²) >= 11 is 3.25. The van der Waals surface area contributed by atoms with Gasteiger partial charge in [-0.05, 0) is 48.0 Å². The van der Waals surface area contributed by atoms with E-state index in [1.54, 1.807) is 31.3 Å². The molecule has 0 atom stereocenters. The Morgan fingerprint density at radius 1 is 1.40 bits per heavy atom. The third-order valence-electron chi connectivity index (χ3n) is 2.76. The first-order chi connectivity index (χ1) is 9.47. The molecule has 1 amide bonds. The van der Waals surface area contributed by atoms with Crippen molar-refractivity contribution in [2.45, 2.75) is 13.8 Å². The van der Waals surface area contributed by atoms with Gasteiger partial charge in [-0.2, -0.15) is 5.10 Å². The molecule has 0 spiro atoms. The monoisotopic (exact) mass is 335 g/mol. The Balaban J connectivity index is 2.15. The lowest BCUT2D eigenvalue weighted by molar-refractivity contribution is 0.0950. The number of rotatable bonds is 3. The largest absolute Gasteiger partial charge is 0.507 e. The highest BCUT2D eigenvalue weighted by atomic mass is 79.9. The molecule has 20 heavy (non-hydrogen) atoms. The maximum Gasteiger partial charge on any atom is 0.287 e. The van der Waals surface area contributed by atoms with Crippen LogP contribution in [0.15, 0.2) is 40.0 Å². The molecule has 0 aliphatic heterocycles. The Morgan fingerprint density at radius 2 is 2.15 bits per heavy atom. The Morgan fingerprint density at radius 3 is 2.80 bits per heavy atom. The minimum absolute atomic E-state index is 0.133. The average molecular weight is 336 g/mol. The van der Waals surface area contributed by atoms with Crippen LogP contribution in [0.5, 0.6) is 5.75 Å². The first-order valence-corrected chi connectivity index (χ1v) is 6.75. The van der Waals surface area contributed by atoms with Gasteiger partial charge in [0.15, 0.2) is 0 Å². The lowest BCUT2D eigenvalue weighted by atomic mass is 10.1. The van der Waals surface area contributed by atoms with Gasteiger partial charge in [0.2, 0.25) is 0 Å². The molecule has 1 heterocycles. The number of aromatic nitrogens is 1. The Hall–Kier alpha value is -2.08. The van der Waals surface area contributed by atoms with E-state index in [2.05, 4.69) is 31.4 Å². The number of aromatic amines is 1. The summed E-state index contributed by atoms with van der Waals surface area (Å²) in [5, 5.41) is 13.8. The minimum atomic E-state index is -0.345. The lowest BCUT2D eigenvalue weighted by Crippen LogP contribution is -2.19. The van der Waals surface area contributed by atoms with Crippen molar-refractivity contribution in [1.82, 2.24) is 10.4 Å². The van der Waals surface area contributed by atoms with Crippen LogP contribution in [0.1, 0.15) is 28.5 Å². The normalized spacial score (nSPS) is 11.4. The second-order valence-electron chi connectivity index (χ2n) is 4.39. The summed E-state index contributed by atoms with van der Waals surface area (Å²) in [5.41, 5.74) is 4.98. The van der Waals surface area contributed by atoms with Crippen molar-refractivity contribution in [2.75, 3.05) is 0 Å². The van der Waals surface area contributed by atoms with Crippen molar-refractivity contribution in [2.24, 2.45) is 5.10 Å². The standard InChI is InChI=1S/C14H14BrN3O2/c1-8-3-4-13(19)11(5-8)9(2)17-18-14(20)12-6-10(15)7-16-12/h3-7,16,19H,1-2H3,(H,18,20)/b17-9+. The number of amides is 1. The summed E-state index contributed by atoms with van der Waals surface area (Å²) in [5.74, 6) is -0.212. The number of phenolic OH excluding ortho intramolecular Hbond substituents is 1. The number of nitrogens with zero attached hydrogens (tertiary/aromatic N) is 1. The number of aromatic hydroxyl groups is 1. The number of carbonyl (C=O) groups excluding carboxylic acids is 1. The molecule has 0 radical (unpaired) electrons. The first-order valence-electron chi connectivity index (χ1n) is 5.96. The van der Waals surface area contributed by atoms with Gasteiger partial charge >= 0.3 is 0 Å². The summed E-state index contributed by atoms with van der Waals surface area (Å²) in [6.07, 6.45) is 1.66. The molecule has 0 unspecified atom stereocenters. The summed E-state index contributed by atoms with van der Waals surface area (Å²) in [6.45, 7) is 3.64. The summed E-state index contributed by atoms with van der Waals surface area (Å²) in [6, 6.07) is 6.88. The molecule has 0 saturated heterocycles. The highest BCUT2D eigenvalue weighted by Crippen LogP contribution is 2.18. The zero-order chi connectivity index (χ0) is 14.7. The lowest BCUT2D eigenvalue weighted by Gasteiger charge is -2.05. The number of benzene rings is 1. The smallest absolute Gasteiger partial charge is 0.287 e. The van der Waals surface area contributed by atoms with Crippen LogP contribution in [0.2, 0.25) is 0 Å². The van der Waals surface area contributed by atoms with Crippen molar-refractivity contribution in [3.63, 3.8) is 0 Å². The Labute approximate surface area is 124 Å². The zero-order valence-corrected chi connectivity index (χ0v) is 12.7. The predicted molar refractivity (Wildman–Crippen MR) is 81.0 cm³/mol. The molecule has 0 bridgehead atoms. The maximum atomic E-state index is 11.8. The zero-order valence-electron chi connectivity index (χ0n) is 11.1. The topological polar surface area (TPSA) is 77.5 Å². The number of nitrogens with one attached hydrogen (secondary N) is 2. The van der Waals surface area contributed by atoms with E-state index in [1.807, 2.05) is 13.0 Å². The van der Waals surface area contributed by atoms with Crippen LogP contribution in [0.3, 0.4) is 0 Å². The van der Waals surface area contributed by atoms with Gasteiger partial charge < -0.3 is 10.1 Å². The molecule has 0 aliphatic rings. The molecule has 1 aromatic carbocycles. The van der Waals surface area contributed by atoms with E-state index in [0.717, 1.165) is 10.0 Å². The fourth-order valence-electron chi connectivity index (χ4n) is 1.69. The Kier molecular flexibility index (Phi) is 4.24. The van der Waals surface area contributed by atoms with Gasteiger partial charge in [-0.15, -0.1) is 0 Å². The fourth-order valence-corrected chi connectivity index (χ4v) is 2.04. The van der Waals surface area contributed by atoms with E-state index in [0.29, 0.717) is 17.0 Å². The van der Waals surface area contributed by atoms with Crippen LogP contribution in [-0.4, -0.2) is 21.7 Å². The van der Waals surface area contributed by atoms with E-state index >= 15 is 0 Å². The summed E-state index contributed by atoms with van der Waals surface area (Å²) < 4.78 is 0.791. The number of H-pyrrole nitrogens is 1. The van der Waals surface area contributed by atoms with Gasteiger partial charge in [-0.3, -0.25) is 4.79 Å². The number of phenols is 1. The van der Waals surface area contributed by atoms with E-state index in [-0.39, 0.29) is 11.7 Å². The fraction of sp³-hybridized carbons (Fsp3) is 0.143. The van der Waals surface area contributed by atoms with Crippen LogP contribution in [0.25, 0.3) is 0 Å². The molecule has 3 N–H and O–H groups in total. The number of halogens is 1. The molecule has 6 heteroatoms. The molecule has 2 aromatic rings. The quantitative estimate of drug-likeness (QED) is 0.595. The third-order valence-corrected chi connectivity index (χ3v) is 3.22. The SMILES string of the molecule is C/C(=N\NC(=O)c1cc(Br)c[nH]1)c1cc(C)ccc1O. The minimum Gasteiger partial charge on any atom is -0.507 e. The molecule has 1 aromatic heterocycles. The van der Waals surface area contributed by atoms with Gasteiger partial charge in [0.25, 0.3) is 5.91 Å². The van der Waals surface area contributed by atoms with Crippen LogP contribution >= 0.6 is 15.9 Å². The molecule has 104 valence electrons. The third kappa shape index (κ3) is 3.27. The molecule has 0 aliphatic carbocycles. The maximum absolute atomic E-state index is 11.8. The summed E-state index contributed by atoms with van der Waals surface area (Å²) in [4.78, 5) is 14.6. The first kappa shape index (κ1) is 14.3. The number of hydrogen-bond donors (Lipinski definition) is 3. The molecular formula is C14H14BrN3O2. The number of hydrogen-bond acceptors (Lipinski definition) is 3. The van der Waals surface area contributed by atoms with Crippen LogP contribution in [0.4, 0.5) is 0 Å². The van der Waals surface area contributed by atoms with Crippen molar-refractivity contribution in [1.29, 1.82) is 0 Å². The van der Waals surface area contributed by atoms with Crippen molar-refractivity contribution in [3.05, 3.63) is 51.8 Å². The number of hydrazone groups is 1. The van der Waals surface area contributed by atoms with E-state index in [4.69, 9.17) is 0 Å². The van der Waals surface area contributed by atoms with Crippen molar-refractivity contribution < 1.29 is 9.90 Å². The second kappa shape index (κ2) is 5.92. The van der Waals surface area contributed by atoms with Gasteiger partial charge in [0, 0.05) is 16.2 Å².